The molecule has 22 heavy (non-hydrogen) atoms. The van der Waals surface area contributed by atoms with Crippen molar-refractivity contribution in [3.05, 3.63) is 42.1 Å². The molecular formula is C18H22N2O2. The van der Waals surface area contributed by atoms with Crippen molar-refractivity contribution in [2.45, 2.75) is 45.1 Å². The van der Waals surface area contributed by atoms with Crippen molar-refractivity contribution >= 4 is 5.97 Å². The summed E-state index contributed by atoms with van der Waals surface area (Å²) in [6.07, 6.45) is 7.67. The highest BCUT2D eigenvalue weighted by Crippen LogP contribution is 2.33. The van der Waals surface area contributed by atoms with Crippen molar-refractivity contribution in [3.8, 4) is 11.3 Å². The van der Waals surface area contributed by atoms with Crippen LogP contribution in [0.1, 0.15) is 55.4 Å². The molecule has 0 bridgehead atoms. The molecule has 116 valence electrons. The van der Waals surface area contributed by atoms with Gasteiger partial charge in [-0.3, -0.25) is 4.68 Å². The van der Waals surface area contributed by atoms with Crippen molar-refractivity contribution in [2.75, 3.05) is 6.61 Å². The molecule has 3 rings (SSSR count). The average molecular weight is 298 g/mol. The summed E-state index contributed by atoms with van der Waals surface area (Å²) in [7, 11) is 0. The number of rotatable bonds is 4. The molecule has 0 aliphatic heterocycles. The number of hydrogen-bond acceptors (Lipinski definition) is 3. The van der Waals surface area contributed by atoms with Crippen molar-refractivity contribution in [2.24, 2.45) is 0 Å². The zero-order valence-corrected chi connectivity index (χ0v) is 13.0. The maximum absolute atomic E-state index is 12.3. The first-order chi connectivity index (χ1) is 10.8. The Labute approximate surface area is 131 Å². The number of esters is 1. The van der Waals surface area contributed by atoms with Gasteiger partial charge in [0.15, 0.2) is 0 Å². The van der Waals surface area contributed by atoms with E-state index in [2.05, 4.69) is 5.10 Å². The summed E-state index contributed by atoms with van der Waals surface area (Å²) in [5, 5.41) is 4.54. The molecule has 1 aliphatic carbocycles. The Morgan fingerprint density at radius 3 is 2.64 bits per heavy atom. The zero-order valence-electron chi connectivity index (χ0n) is 13.0. The van der Waals surface area contributed by atoms with Gasteiger partial charge in [0.1, 0.15) is 5.56 Å². The number of ether oxygens (including phenoxy) is 1. The Hall–Kier alpha value is -2.10. The minimum absolute atomic E-state index is 0.289. The van der Waals surface area contributed by atoms with Gasteiger partial charge in [0, 0.05) is 5.56 Å². The van der Waals surface area contributed by atoms with Crippen LogP contribution in [0.2, 0.25) is 0 Å². The molecule has 1 aromatic heterocycles. The maximum Gasteiger partial charge on any atom is 0.341 e. The summed E-state index contributed by atoms with van der Waals surface area (Å²) in [5.74, 6) is -0.289. The number of benzene rings is 1. The van der Waals surface area contributed by atoms with E-state index in [0.717, 1.165) is 24.1 Å². The van der Waals surface area contributed by atoms with Gasteiger partial charge in [-0.15, -0.1) is 0 Å². The predicted octanol–water partition coefficient (Wildman–Crippen LogP) is 4.23. The van der Waals surface area contributed by atoms with Crippen LogP contribution in [0.25, 0.3) is 11.3 Å². The van der Waals surface area contributed by atoms with Gasteiger partial charge >= 0.3 is 5.97 Å². The first-order valence-corrected chi connectivity index (χ1v) is 8.11. The van der Waals surface area contributed by atoms with Crippen LogP contribution in [0.5, 0.6) is 0 Å². The molecule has 4 nitrogen and oxygen atoms in total. The lowest BCUT2D eigenvalue weighted by molar-refractivity contribution is 0.0527. The lowest BCUT2D eigenvalue weighted by Crippen LogP contribution is -2.16. The number of nitrogens with zero attached hydrogens (tertiary/aromatic N) is 2. The fraction of sp³-hybridized carbons (Fsp3) is 0.444. The van der Waals surface area contributed by atoms with E-state index in [1.165, 1.54) is 19.3 Å². The van der Waals surface area contributed by atoms with Gasteiger partial charge in [0.2, 0.25) is 0 Å². The molecule has 0 saturated heterocycles. The van der Waals surface area contributed by atoms with E-state index in [0.29, 0.717) is 18.2 Å². The van der Waals surface area contributed by atoms with E-state index in [-0.39, 0.29) is 5.97 Å². The second-order valence-electron chi connectivity index (χ2n) is 5.73. The smallest absolute Gasteiger partial charge is 0.341 e. The van der Waals surface area contributed by atoms with Crippen LogP contribution in [-0.2, 0) is 4.74 Å². The minimum Gasteiger partial charge on any atom is -0.462 e. The van der Waals surface area contributed by atoms with Crippen molar-refractivity contribution in [1.82, 2.24) is 9.78 Å². The second-order valence-corrected chi connectivity index (χ2v) is 5.73. The Morgan fingerprint density at radius 1 is 1.23 bits per heavy atom. The molecule has 2 aromatic rings. The largest absolute Gasteiger partial charge is 0.462 e. The molecule has 0 radical (unpaired) electrons. The summed E-state index contributed by atoms with van der Waals surface area (Å²) in [6.45, 7) is 2.20. The lowest BCUT2D eigenvalue weighted by atomic mass is 9.95. The molecule has 0 spiro atoms. The van der Waals surface area contributed by atoms with E-state index in [9.17, 15) is 4.79 Å². The van der Waals surface area contributed by atoms with E-state index in [4.69, 9.17) is 4.74 Å². The Balaban J connectivity index is 2.04. The number of hydrogen-bond donors (Lipinski definition) is 0. The maximum atomic E-state index is 12.3. The third-order valence-corrected chi connectivity index (χ3v) is 4.26. The summed E-state index contributed by atoms with van der Waals surface area (Å²) >= 11 is 0. The van der Waals surface area contributed by atoms with Gasteiger partial charge in [-0.05, 0) is 19.8 Å². The lowest BCUT2D eigenvalue weighted by Gasteiger charge is -2.24. The van der Waals surface area contributed by atoms with E-state index in [1.54, 1.807) is 6.20 Å². The molecule has 4 heteroatoms. The molecule has 0 atom stereocenters. The Kier molecular flexibility index (Phi) is 4.56. The van der Waals surface area contributed by atoms with Gasteiger partial charge in [0.25, 0.3) is 0 Å². The number of carbonyl (C=O) groups is 1. The monoisotopic (exact) mass is 298 g/mol. The molecule has 0 amide bonds. The highest BCUT2D eigenvalue weighted by Gasteiger charge is 2.25. The number of carbonyl (C=O) groups excluding carboxylic acids is 1. The molecule has 1 aromatic carbocycles. The molecule has 0 N–H and O–H groups in total. The average Bonchev–Trinajstić information content (AvgIpc) is 3.02. The van der Waals surface area contributed by atoms with Crippen LogP contribution in [0.3, 0.4) is 0 Å². The standard InChI is InChI=1S/C18H22N2O2/c1-2-22-18(21)16-13-19-20(15-11-7-4-8-12-15)17(16)14-9-5-3-6-10-14/h3,5-6,9-10,13,15H,2,4,7-8,11-12H2,1H3. The molecule has 1 heterocycles. The predicted molar refractivity (Wildman–Crippen MR) is 85.7 cm³/mol. The topological polar surface area (TPSA) is 44.1 Å². The van der Waals surface area contributed by atoms with Crippen molar-refractivity contribution in [1.29, 1.82) is 0 Å². The first kappa shape index (κ1) is 14.8. The molecule has 1 saturated carbocycles. The fourth-order valence-electron chi connectivity index (χ4n) is 3.21. The molecular weight excluding hydrogens is 276 g/mol. The van der Waals surface area contributed by atoms with Crippen LogP contribution < -0.4 is 0 Å². The van der Waals surface area contributed by atoms with Gasteiger partial charge in [-0.2, -0.15) is 5.10 Å². The summed E-state index contributed by atoms with van der Waals surface area (Å²) < 4.78 is 7.24. The van der Waals surface area contributed by atoms with E-state index >= 15 is 0 Å². The van der Waals surface area contributed by atoms with Crippen LogP contribution >= 0.6 is 0 Å². The van der Waals surface area contributed by atoms with Crippen LogP contribution in [-0.4, -0.2) is 22.4 Å². The van der Waals surface area contributed by atoms with E-state index in [1.807, 2.05) is 41.9 Å². The fourth-order valence-corrected chi connectivity index (χ4v) is 3.21. The van der Waals surface area contributed by atoms with Crippen LogP contribution in [0, 0.1) is 0 Å². The Bertz CT molecular complexity index is 628. The molecule has 1 aliphatic rings. The van der Waals surface area contributed by atoms with Gasteiger partial charge in [0.05, 0.1) is 24.5 Å². The molecule has 1 fully saturated rings. The van der Waals surface area contributed by atoms with Gasteiger partial charge in [-0.1, -0.05) is 49.6 Å². The Morgan fingerprint density at radius 2 is 1.95 bits per heavy atom. The number of aromatic nitrogens is 2. The first-order valence-electron chi connectivity index (χ1n) is 8.11. The van der Waals surface area contributed by atoms with Gasteiger partial charge in [-0.25, -0.2) is 4.79 Å². The van der Waals surface area contributed by atoms with Crippen molar-refractivity contribution < 1.29 is 9.53 Å². The third kappa shape index (κ3) is 2.91. The summed E-state index contributed by atoms with van der Waals surface area (Å²) in [4.78, 5) is 12.3. The van der Waals surface area contributed by atoms with Crippen molar-refractivity contribution in [3.63, 3.8) is 0 Å². The third-order valence-electron chi connectivity index (χ3n) is 4.26. The minimum atomic E-state index is -0.289. The summed E-state index contributed by atoms with van der Waals surface area (Å²) in [6, 6.07) is 10.4. The zero-order chi connectivity index (χ0) is 15.4. The van der Waals surface area contributed by atoms with Gasteiger partial charge < -0.3 is 4.74 Å². The molecule has 0 unspecified atom stereocenters. The van der Waals surface area contributed by atoms with Crippen LogP contribution in [0.4, 0.5) is 0 Å². The van der Waals surface area contributed by atoms with E-state index < -0.39 is 0 Å². The second kappa shape index (κ2) is 6.77. The van der Waals surface area contributed by atoms with Crippen LogP contribution in [0.15, 0.2) is 36.5 Å². The normalized spacial score (nSPS) is 15.7. The highest BCUT2D eigenvalue weighted by atomic mass is 16.5. The SMILES string of the molecule is CCOC(=O)c1cnn(C2CCCCC2)c1-c1ccccc1. The summed E-state index contributed by atoms with van der Waals surface area (Å²) in [5.41, 5.74) is 2.48. The quantitative estimate of drug-likeness (QED) is 0.793. The highest BCUT2D eigenvalue weighted by molar-refractivity contribution is 5.96.